The Hall–Kier alpha value is -1.39. The molecule has 1 aromatic carbocycles. The largest absolute Gasteiger partial charge is 0.398 e. The lowest BCUT2D eigenvalue weighted by Gasteiger charge is -2.01. The number of hydrogen-bond donors (Lipinski definition) is 1. The maximum atomic E-state index is 5.92. The zero-order valence-corrected chi connectivity index (χ0v) is 10.7. The Bertz CT molecular complexity index is 482. The zero-order valence-electron chi connectivity index (χ0n) is 9.85. The second kappa shape index (κ2) is 5.80. The van der Waals surface area contributed by atoms with Crippen LogP contribution in [0, 0.1) is 0 Å². The number of nitrogen functional groups attached to an aromatic ring is 1. The lowest BCUT2D eigenvalue weighted by atomic mass is 10.1. The van der Waals surface area contributed by atoms with Gasteiger partial charge in [-0.2, -0.15) is 0 Å². The molecule has 0 atom stereocenters. The second-order valence-corrected chi connectivity index (χ2v) is 4.60. The van der Waals surface area contributed by atoms with E-state index >= 15 is 0 Å². The van der Waals surface area contributed by atoms with Gasteiger partial charge in [-0.05, 0) is 13.0 Å². The van der Waals surface area contributed by atoms with Crippen LogP contribution in [0.1, 0.15) is 11.9 Å². The fraction of sp³-hybridized carbons (Fsp3) is 0.308. The van der Waals surface area contributed by atoms with Gasteiger partial charge in [0.1, 0.15) is 0 Å². The number of rotatable bonds is 5. The van der Waals surface area contributed by atoms with E-state index in [-0.39, 0.29) is 0 Å². The molecular formula is C13H16N2OS. The first-order valence-electron chi connectivity index (χ1n) is 5.68. The number of thiazole rings is 1. The van der Waals surface area contributed by atoms with Crippen molar-refractivity contribution in [2.75, 3.05) is 18.9 Å². The van der Waals surface area contributed by atoms with E-state index in [9.17, 15) is 0 Å². The van der Waals surface area contributed by atoms with Crippen LogP contribution < -0.4 is 5.73 Å². The van der Waals surface area contributed by atoms with E-state index in [0.29, 0.717) is 0 Å². The Morgan fingerprint density at radius 2 is 2.18 bits per heavy atom. The number of hydrogen-bond acceptors (Lipinski definition) is 4. The number of ether oxygens (including phenoxy) is 1. The molecule has 2 N–H and O–H groups in total. The molecule has 2 aromatic rings. The van der Waals surface area contributed by atoms with Crippen molar-refractivity contribution >= 4 is 17.0 Å². The standard InChI is InChI=1S/C13H16N2OS/c1-2-16-8-7-13-15-12(9-17-13)10-5-3-4-6-11(10)14/h3-6,9H,2,7-8,14H2,1H3. The van der Waals surface area contributed by atoms with Crippen molar-refractivity contribution in [3.8, 4) is 11.3 Å². The molecule has 0 spiro atoms. The topological polar surface area (TPSA) is 48.1 Å². The Morgan fingerprint density at radius 3 is 2.94 bits per heavy atom. The van der Waals surface area contributed by atoms with Gasteiger partial charge in [-0.1, -0.05) is 18.2 Å². The first kappa shape index (κ1) is 12.1. The third kappa shape index (κ3) is 3.05. The summed E-state index contributed by atoms with van der Waals surface area (Å²) in [5, 5.41) is 3.14. The van der Waals surface area contributed by atoms with Crippen molar-refractivity contribution in [2.45, 2.75) is 13.3 Å². The molecule has 0 fully saturated rings. The van der Waals surface area contributed by atoms with Crippen LogP contribution in [0.15, 0.2) is 29.6 Å². The maximum Gasteiger partial charge on any atom is 0.0955 e. The normalized spacial score (nSPS) is 10.6. The van der Waals surface area contributed by atoms with Crippen LogP contribution >= 0.6 is 11.3 Å². The smallest absolute Gasteiger partial charge is 0.0955 e. The van der Waals surface area contributed by atoms with E-state index in [2.05, 4.69) is 4.98 Å². The van der Waals surface area contributed by atoms with Gasteiger partial charge < -0.3 is 10.5 Å². The van der Waals surface area contributed by atoms with Crippen LogP contribution in [0.5, 0.6) is 0 Å². The van der Waals surface area contributed by atoms with Gasteiger partial charge >= 0.3 is 0 Å². The van der Waals surface area contributed by atoms with E-state index in [0.717, 1.165) is 41.6 Å². The van der Waals surface area contributed by atoms with Crippen LogP contribution in [0.3, 0.4) is 0 Å². The summed E-state index contributed by atoms with van der Waals surface area (Å²) in [4.78, 5) is 4.57. The van der Waals surface area contributed by atoms with Gasteiger partial charge in [0.15, 0.2) is 0 Å². The van der Waals surface area contributed by atoms with Crippen LogP contribution in [0.2, 0.25) is 0 Å². The van der Waals surface area contributed by atoms with Crippen LogP contribution in [-0.2, 0) is 11.2 Å². The molecule has 17 heavy (non-hydrogen) atoms. The molecule has 0 aliphatic rings. The van der Waals surface area contributed by atoms with Gasteiger partial charge in [0.2, 0.25) is 0 Å². The van der Waals surface area contributed by atoms with Crippen LogP contribution in [0.25, 0.3) is 11.3 Å². The Labute approximate surface area is 105 Å². The van der Waals surface area contributed by atoms with Crippen molar-refractivity contribution in [3.63, 3.8) is 0 Å². The summed E-state index contributed by atoms with van der Waals surface area (Å²) in [6, 6.07) is 7.80. The van der Waals surface area contributed by atoms with E-state index in [1.165, 1.54) is 0 Å². The fourth-order valence-corrected chi connectivity index (χ4v) is 2.36. The molecule has 0 amide bonds. The fourth-order valence-electron chi connectivity index (χ4n) is 1.58. The first-order chi connectivity index (χ1) is 8.31. The van der Waals surface area contributed by atoms with Gasteiger partial charge in [0, 0.05) is 29.7 Å². The number of para-hydroxylation sites is 1. The molecule has 4 heteroatoms. The van der Waals surface area contributed by atoms with Gasteiger partial charge in [0.25, 0.3) is 0 Å². The summed E-state index contributed by atoms with van der Waals surface area (Å²) < 4.78 is 5.32. The minimum Gasteiger partial charge on any atom is -0.398 e. The van der Waals surface area contributed by atoms with Crippen molar-refractivity contribution < 1.29 is 4.74 Å². The molecule has 0 saturated carbocycles. The highest BCUT2D eigenvalue weighted by Crippen LogP contribution is 2.26. The van der Waals surface area contributed by atoms with E-state index < -0.39 is 0 Å². The number of nitrogens with zero attached hydrogens (tertiary/aromatic N) is 1. The third-order valence-electron chi connectivity index (χ3n) is 2.45. The molecule has 2 rings (SSSR count). The third-order valence-corrected chi connectivity index (χ3v) is 3.36. The van der Waals surface area contributed by atoms with Gasteiger partial charge in [-0.15, -0.1) is 11.3 Å². The molecule has 1 aromatic heterocycles. The predicted molar refractivity (Wildman–Crippen MR) is 72.2 cm³/mol. The van der Waals surface area contributed by atoms with Crippen molar-refractivity contribution in [2.24, 2.45) is 0 Å². The van der Waals surface area contributed by atoms with Crippen molar-refractivity contribution in [1.29, 1.82) is 0 Å². The minimum absolute atomic E-state index is 0.730. The number of nitrogens with two attached hydrogens (primary N) is 1. The molecule has 3 nitrogen and oxygen atoms in total. The zero-order chi connectivity index (χ0) is 12.1. The quantitative estimate of drug-likeness (QED) is 0.653. The number of anilines is 1. The molecule has 0 aliphatic carbocycles. The maximum absolute atomic E-state index is 5.92. The average Bonchev–Trinajstić information content (AvgIpc) is 2.79. The molecular weight excluding hydrogens is 232 g/mol. The SMILES string of the molecule is CCOCCc1nc(-c2ccccc2N)cs1. The lowest BCUT2D eigenvalue weighted by molar-refractivity contribution is 0.151. The highest BCUT2D eigenvalue weighted by Gasteiger charge is 2.06. The summed E-state index contributed by atoms with van der Waals surface area (Å²) in [6.07, 6.45) is 0.866. The average molecular weight is 248 g/mol. The second-order valence-electron chi connectivity index (χ2n) is 3.66. The molecule has 0 unspecified atom stereocenters. The monoisotopic (exact) mass is 248 g/mol. The van der Waals surface area contributed by atoms with E-state index in [4.69, 9.17) is 10.5 Å². The summed E-state index contributed by atoms with van der Waals surface area (Å²) in [7, 11) is 0. The van der Waals surface area contributed by atoms with Gasteiger partial charge in [-0.25, -0.2) is 4.98 Å². The summed E-state index contributed by atoms with van der Waals surface area (Å²) in [5.74, 6) is 0. The Balaban J connectivity index is 2.10. The number of benzene rings is 1. The number of aromatic nitrogens is 1. The molecule has 0 saturated heterocycles. The summed E-state index contributed by atoms with van der Waals surface area (Å²) in [6.45, 7) is 3.48. The Morgan fingerprint density at radius 1 is 1.35 bits per heavy atom. The molecule has 1 heterocycles. The Kier molecular flexibility index (Phi) is 4.12. The molecule has 0 aliphatic heterocycles. The van der Waals surface area contributed by atoms with Crippen LogP contribution in [-0.4, -0.2) is 18.2 Å². The van der Waals surface area contributed by atoms with Crippen molar-refractivity contribution in [1.82, 2.24) is 4.98 Å². The minimum atomic E-state index is 0.730. The lowest BCUT2D eigenvalue weighted by Crippen LogP contribution is -1.97. The highest BCUT2D eigenvalue weighted by atomic mass is 32.1. The molecule has 0 bridgehead atoms. The van der Waals surface area contributed by atoms with Gasteiger partial charge in [0.05, 0.1) is 17.3 Å². The van der Waals surface area contributed by atoms with Gasteiger partial charge in [-0.3, -0.25) is 0 Å². The van der Waals surface area contributed by atoms with Crippen LogP contribution in [0.4, 0.5) is 5.69 Å². The van der Waals surface area contributed by atoms with E-state index in [1.54, 1.807) is 11.3 Å². The summed E-state index contributed by atoms with van der Waals surface area (Å²) >= 11 is 1.66. The highest BCUT2D eigenvalue weighted by molar-refractivity contribution is 7.09. The van der Waals surface area contributed by atoms with E-state index in [1.807, 2.05) is 36.6 Å². The van der Waals surface area contributed by atoms with Crippen molar-refractivity contribution in [3.05, 3.63) is 34.7 Å². The molecule has 90 valence electrons. The summed E-state index contributed by atoms with van der Waals surface area (Å²) in [5.41, 5.74) is 8.66. The molecule has 0 radical (unpaired) electrons. The first-order valence-corrected chi connectivity index (χ1v) is 6.56. The predicted octanol–water partition coefficient (Wildman–Crippen LogP) is 2.97.